The van der Waals surface area contributed by atoms with Gasteiger partial charge in [0.25, 0.3) is 0 Å². The van der Waals surface area contributed by atoms with Crippen molar-refractivity contribution in [3.8, 4) is 6.07 Å². The number of nitriles is 1. The smallest absolute Gasteiger partial charge is 0.0622 e. The first-order valence-corrected chi connectivity index (χ1v) is 7.00. The van der Waals surface area contributed by atoms with Gasteiger partial charge in [-0.15, -0.1) is 0 Å². The van der Waals surface area contributed by atoms with Gasteiger partial charge >= 0.3 is 0 Å². The average Bonchev–Trinajstić information content (AvgIpc) is 2.82. The molecule has 0 aliphatic carbocycles. The Morgan fingerprint density at radius 1 is 1.32 bits per heavy atom. The molecule has 1 aromatic carbocycles. The van der Waals surface area contributed by atoms with E-state index in [-0.39, 0.29) is 0 Å². The summed E-state index contributed by atoms with van der Waals surface area (Å²) >= 11 is 0. The molecule has 0 unspecified atom stereocenters. The van der Waals surface area contributed by atoms with Crippen LogP contribution in [0.5, 0.6) is 0 Å². The molecular weight excluding hydrogens is 234 g/mol. The van der Waals surface area contributed by atoms with Crippen LogP contribution in [-0.4, -0.2) is 11.1 Å². The third kappa shape index (κ3) is 3.59. The Bertz CT molecular complexity index is 563. The van der Waals surface area contributed by atoms with E-state index in [2.05, 4.69) is 53.3 Å². The number of hydrogen-bond donors (Lipinski definition) is 1. The quantitative estimate of drug-likeness (QED) is 0.770. The molecule has 1 N–H and O–H groups in total. The summed E-state index contributed by atoms with van der Waals surface area (Å²) in [7, 11) is 0. The van der Waals surface area contributed by atoms with Gasteiger partial charge in [-0.3, -0.25) is 0 Å². The van der Waals surface area contributed by atoms with Gasteiger partial charge in [0.15, 0.2) is 0 Å². The zero-order valence-corrected chi connectivity index (χ0v) is 11.5. The van der Waals surface area contributed by atoms with Gasteiger partial charge in [0.05, 0.1) is 6.07 Å². The van der Waals surface area contributed by atoms with Crippen LogP contribution in [0.4, 0.5) is 0 Å². The van der Waals surface area contributed by atoms with E-state index in [9.17, 15) is 0 Å². The number of benzene rings is 1. The average molecular weight is 255 g/mol. The highest BCUT2D eigenvalue weighted by Crippen LogP contribution is 2.18. The van der Waals surface area contributed by atoms with Crippen LogP contribution < -0.4 is 5.32 Å². The fraction of sp³-hybridized carbons (Fsp3) is 0.438. The summed E-state index contributed by atoms with van der Waals surface area (Å²) in [5, 5.41) is 13.3. The molecule has 100 valence electrons. The lowest BCUT2D eigenvalue weighted by molar-refractivity contribution is 0.668. The molecule has 0 aliphatic heterocycles. The van der Waals surface area contributed by atoms with Gasteiger partial charge in [-0.25, -0.2) is 0 Å². The lowest BCUT2D eigenvalue weighted by Gasteiger charge is -2.07. The summed E-state index contributed by atoms with van der Waals surface area (Å²) < 4.78 is 2.25. The monoisotopic (exact) mass is 255 g/mol. The zero-order valence-electron chi connectivity index (χ0n) is 11.5. The van der Waals surface area contributed by atoms with Crippen molar-refractivity contribution in [2.75, 3.05) is 6.54 Å². The van der Waals surface area contributed by atoms with E-state index < -0.39 is 0 Å². The Balaban J connectivity index is 2.10. The highest BCUT2D eigenvalue weighted by molar-refractivity contribution is 5.80. The molecule has 1 aromatic heterocycles. The van der Waals surface area contributed by atoms with Crippen LogP contribution in [0.15, 0.2) is 30.5 Å². The number of nitrogens with zero attached hydrogens (tertiary/aromatic N) is 2. The van der Waals surface area contributed by atoms with E-state index in [0.717, 1.165) is 32.5 Å². The molecule has 0 atom stereocenters. The lowest BCUT2D eigenvalue weighted by atomic mass is 10.1. The topological polar surface area (TPSA) is 40.8 Å². The van der Waals surface area contributed by atoms with Gasteiger partial charge in [0.2, 0.25) is 0 Å². The van der Waals surface area contributed by atoms with Crippen LogP contribution in [0.25, 0.3) is 10.9 Å². The number of unbranched alkanes of at least 4 members (excludes halogenated alkanes) is 1. The minimum Gasteiger partial charge on any atom is -0.347 e. The first kappa shape index (κ1) is 13.6. The molecule has 19 heavy (non-hydrogen) atoms. The van der Waals surface area contributed by atoms with Crippen molar-refractivity contribution in [1.82, 2.24) is 9.88 Å². The highest BCUT2D eigenvalue weighted by Gasteiger charge is 2.02. The van der Waals surface area contributed by atoms with Crippen molar-refractivity contribution in [3.63, 3.8) is 0 Å². The van der Waals surface area contributed by atoms with E-state index in [4.69, 9.17) is 5.26 Å². The molecular formula is C16H21N3. The Morgan fingerprint density at radius 2 is 2.21 bits per heavy atom. The summed E-state index contributed by atoms with van der Waals surface area (Å²) in [6.07, 6.45) is 4.81. The maximum atomic E-state index is 8.61. The molecule has 0 aliphatic rings. The van der Waals surface area contributed by atoms with E-state index in [0.29, 0.717) is 6.42 Å². The molecule has 3 heteroatoms. The number of rotatable bonds is 7. The second-order valence-electron chi connectivity index (χ2n) is 4.84. The normalized spacial score (nSPS) is 10.7. The van der Waals surface area contributed by atoms with Gasteiger partial charge in [0, 0.05) is 31.2 Å². The fourth-order valence-corrected chi connectivity index (χ4v) is 2.27. The Hall–Kier alpha value is -1.79. The lowest BCUT2D eigenvalue weighted by Crippen LogP contribution is -2.13. The maximum absolute atomic E-state index is 8.61. The minimum atomic E-state index is 0.622. The van der Waals surface area contributed by atoms with Crippen LogP contribution in [0.1, 0.15) is 31.7 Å². The largest absolute Gasteiger partial charge is 0.347 e. The van der Waals surface area contributed by atoms with Crippen LogP contribution in [0.3, 0.4) is 0 Å². The molecule has 0 saturated heterocycles. The molecule has 0 spiro atoms. The number of hydrogen-bond acceptors (Lipinski definition) is 2. The van der Waals surface area contributed by atoms with E-state index in [1.165, 1.54) is 16.5 Å². The van der Waals surface area contributed by atoms with Crippen LogP contribution >= 0.6 is 0 Å². The van der Waals surface area contributed by atoms with Crippen LogP contribution in [0.2, 0.25) is 0 Å². The van der Waals surface area contributed by atoms with Gasteiger partial charge < -0.3 is 9.88 Å². The summed E-state index contributed by atoms with van der Waals surface area (Å²) in [5.74, 6) is 0. The van der Waals surface area contributed by atoms with Crippen molar-refractivity contribution < 1.29 is 0 Å². The molecule has 0 saturated carbocycles. The van der Waals surface area contributed by atoms with E-state index >= 15 is 0 Å². The van der Waals surface area contributed by atoms with E-state index in [1.807, 2.05) is 0 Å². The van der Waals surface area contributed by atoms with Crippen molar-refractivity contribution in [3.05, 3.63) is 36.0 Å². The second kappa shape index (κ2) is 6.96. The predicted octanol–water partition coefficient (Wildman–Crippen LogP) is 3.44. The van der Waals surface area contributed by atoms with Crippen molar-refractivity contribution in [1.29, 1.82) is 5.26 Å². The first-order valence-electron chi connectivity index (χ1n) is 7.00. The Morgan fingerprint density at radius 3 is 3.00 bits per heavy atom. The van der Waals surface area contributed by atoms with Gasteiger partial charge in [-0.2, -0.15) is 5.26 Å². The van der Waals surface area contributed by atoms with Gasteiger partial charge in [-0.05, 0) is 42.5 Å². The molecule has 2 rings (SSSR count). The number of aromatic nitrogens is 1. The third-order valence-corrected chi connectivity index (χ3v) is 3.28. The summed E-state index contributed by atoms with van der Waals surface area (Å²) in [4.78, 5) is 0. The van der Waals surface area contributed by atoms with Gasteiger partial charge in [0.1, 0.15) is 0 Å². The van der Waals surface area contributed by atoms with E-state index in [1.54, 1.807) is 0 Å². The van der Waals surface area contributed by atoms with Gasteiger partial charge in [-0.1, -0.05) is 19.1 Å². The second-order valence-corrected chi connectivity index (χ2v) is 4.84. The van der Waals surface area contributed by atoms with Crippen LogP contribution in [0, 0.1) is 11.3 Å². The minimum absolute atomic E-state index is 0.622. The molecule has 0 amide bonds. The predicted molar refractivity (Wildman–Crippen MR) is 78.8 cm³/mol. The molecule has 3 nitrogen and oxygen atoms in total. The Kier molecular flexibility index (Phi) is 5.00. The molecule has 0 bridgehead atoms. The maximum Gasteiger partial charge on any atom is 0.0622 e. The summed E-state index contributed by atoms with van der Waals surface area (Å²) in [6.45, 7) is 5.08. The summed E-state index contributed by atoms with van der Waals surface area (Å²) in [5.41, 5.74) is 2.59. The highest BCUT2D eigenvalue weighted by atomic mass is 14.9. The molecule has 1 heterocycles. The first-order chi connectivity index (χ1) is 9.35. The molecule has 2 aromatic rings. The molecule has 0 radical (unpaired) electrons. The third-order valence-electron chi connectivity index (χ3n) is 3.28. The standard InChI is InChI=1S/C16H21N3/c1-2-9-18-13-14-5-6-15-7-11-19(16(15)12-14)10-4-3-8-17/h5-7,11-12,18H,2-4,9-10,13H2,1H3. The zero-order chi connectivity index (χ0) is 13.5. The summed E-state index contributed by atoms with van der Waals surface area (Å²) in [6, 6.07) is 11.0. The van der Waals surface area contributed by atoms with Crippen molar-refractivity contribution in [2.24, 2.45) is 0 Å². The molecule has 0 fully saturated rings. The number of aryl methyl sites for hydroxylation is 1. The number of nitrogens with one attached hydrogen (secondary N) is 1. The van der Waals surface area contributed by atoms with Crippen molar-refractivity contribution in [2.45, 2.75) is 39.3 Å². The number of fused-ring (bicyclic) bond motifs is 1. The fourth-order valence-electron chi connectivity index (χ4n) is 2.27. The van der Waals surface area contributed by atoms with Crippen molar-refractivity contribution >= 4 is 10.9 Å². The Labute approximate surface area is 114 Å². The van der Waals surface area contributed by atoms with Crippen LogP contribution in [-0.2, 0) is 13.1 Å². The SMILES string of the molecule is CCCNCc1ccc2ccn(CCCC#N)c2c1.